The lowest BCUT2D eigenvalue weighted by atomic mass is 10.2. The Morgan fingerprint density at radius 1 is 1.27 bits per heavy atom. The van der Waals surface area contributed by atoms with Crippen molar-refractivity contribution >= 4 is 49.8 Å². The Balaban J connectivity index is 2.39. The number of rotatable bonds is 5. The molecule has 0 amide bonds. The Bertz CT molecular complexity index is 677. The molecule has 2 rings (SSSR count). The van der Waals surface area contributed by atoms with Crippen LogP contribution < -0.4 is 4.74 Å². The standard InChI is InChI=1S/C14H16Br2N4OS/c1-8(2)13-18-19-14(22-4)20(13)17-7-9-5-10(15)12(21-3)11(16)6-9/h5-8H,1-4H3/b17-7-. The van der Waals surface area contributed by atoms with Crippen molar-refractivity contribution in [2.45, 2.75) is 24.9 Å². The number of benzene rings is 1. The summed E-state index contributed by atoms with van der Waals surface area (Å²) in [6.07, 6.45) is 3.74. The van der Waals surface area contributed by atoms with E-state index in [4.69, 9.17) is 4.74 Å². The predicted octanol–water partition coefficient (Wildman–Crippen LogP) is 4.54. The second-order valence-electron chi connectivity index (χ2n) is 4.77. The van der Waals surface area contributed by atoms with E-state index >= 15 is 0 Å². The number of methoxy groups -OCH3 is 1. The summed E-state index contributed by atoms with van der Waals surface area (Å²) in [6, 6.07) is 3.90. The summed E-state index contributed by atoms with van der Waals surface area (Å²) < 4.78 is 8.81. The van der Waals surface area contributed by atoms with Crippen molar-refractivity contribution in [1.29, 1.82) is 0 Å². The van der Waals surface area contributed by atoms with Crippen LogP contribution in [-0.4, -0.2) is 34.5 Å². The number of nitrogens with zero attached hydrogens (tertiary/aromatic N) is 4. The van der Waals surface area contributed by atoms with Crippen molar-refractivity contribution < 1.29 is 4.74 Å². The summed E-state index contributed by atoms with van der Waals surface area (Å²) >= 11 is 8.50. The van der Waals surface area contributed by atoms with E-state index in [0.717, 1.165) is 31.2 Å². The highest BCUT2D eigenvalue weighted by atomic mass is 79.9. The Hall–Kier alpha value is -0.860. The topological polar surface area (TPSA) is 52.3 Å². The SMILES string of the molecule is COc1c(Br)cc(/C=N\n2c(SC)nnc2C(C)C)cc1Br. The molecule has 0 unspecified atom stereocenters. The zero-order chi connectivity index (χ0) is 16.3. The average Bonchev–Trinajstić information content (AvgIpc) is 2.88. The van der Waals surface area contributed by atoms with Gasteiger partial charge in [-0.1, -0.05) is 25.6 Å². The quantitative estimate of drug-likeness (QED) is 0.498. The summed E-state index contributed by atoms with van der Waals surface area (Å²) in [5.74, 6) is 1.85. The molecule has 8 heteroatoms. The van der Waals surface area contributed by atoms with Crippen LogP contribution in [0.3, 0.4) is 0 Å². The molecule has 0 bridgehead atoms. The maximum absolute atomic E-state index is 5.30. The number of hydrogen-bond acceptors (Lipinski definition) is 5. The smallest absolute Gasteiger partial charge is 0.211 e. The molecule has 118 valence electrons. The van der Waals surface area contributed by atoms with E-state index in [1.54, 1.807) is 18.0 Å². The van der Waals surface area contributed by atoms with Crippen LogP contribution in [0.15, 0.2) is 31.3 Å². The van der Waals surface area contributed by atoms with Crippen molar-refractivity contribution in [3.63, 3.8) is 0 Å². The molecule has 0 N–H and O–H groups in total. The Kier molecular flexibility index (Phi) is 6.05. The van der Waals surface area contributed by atoms with Gasteiger partial charge in [-0.3, -0.25) is 0 Å². The number of thioether (sulfide) groups is 1. The lowest BCUT2D eigenvalue weighted by Crippen LogP contribution is -2.02. The number of aromatic nitrogens is 3. The van der Waals surface area contributed by atoms with Gasteiger partial charge in [0.1, 0.15) is 5.75 Å². The second kappa shape index (κ2) is 7.61. The summed E-state index contributed by atoms with van der Waals surface area (Å²) in [5.41, 5.74) is 0.940. The second-order valence-corrected chi connectivity index (χ2v) is 7.26. The van der Waals surface area contributed by atoms with E-state index in [0.29, 0.717) is 0 Å². The molecule has 5 nitrogen and oxygen atoms in total. The first-order chi connectivity index (χ1) is 10.5. The molecule has 0 fully saturated rings. The lowest BCUT2D eigenvalue weighted by molar-refractivity contribution is 0.409. The number of ether oxygens (including phenoxy) is 1. The highest BCUT2D eigenvalue weighted by Crippen LogP contribution is 2.34. The van der Waals surface area contributed by atoms with Crippen LogP contribution in [0.4, 0.5) is 0 Å². The molecular formula is C14H16Br2N4OS. The normalized spacial score (nSPS) is 11.6. The molecular weight excluding hydrogens is 432 g/mol. The fraction of sp³-hybridized carbons (Fsp3) is 0.357. The molecule has 0 spiro atoms. The first-order valence-corrected chi connectivity index (χ1v) is 9.35. The van der Waals surface area contributed by atoms with E-state index in [-0.39, 0.29) is 5.92 Å². The molecule has 0 aliphatic heterocycles. The van der Waals surface area contributed by atoms with Gasteiger partial charge >= 0.3 is 0 Å². The van der Waals surface area contributed by atoms with E-state index in [1.165, 1.54) is 11.8 Å². The highest BCUT2D eigenvalue weighted by molar-refractivity contribution is 9.11. The number of hydrogen-bond donors (Lipinski definition) is 0. The van der Waals surface area contributed by atoms with Gasteiger partial charge in [0.2, 0.25) is 5.16 Å². The molecule has 1 aromatic heterocycles. The van der Waals surface area contributed by atoms with Crippen molar-refractivity contribution in [3.8, 4) is 5.75 Å². The minimum Gasteiger partial charge on any atom is -0.494 e. The third kappa shape index (κ3) is 3.72. The molecule has 0 aliphatic carbocycles. The zero-order valence-corrected chi connectivity index (χ0v) is 16.7. The molecule has 22 heavy (non-hydrogen) atoms. The third-order valence-corrected chi connectivity index (χ3v) is 4.68. The van der Waals surface area contributed by atoms with E-state index < -0.39 is 0 Å². The fourth-order valence-electron chi connectivity index (χ4n) is 1.85. The van der Waals surface area contributed by atoms with Gasteiger partial charge in [-0.25, -0.2) is 0 Å². The van der Waals surface area contributed by atoms with Gasteiger partial charge in [-0.2, -0.15) is 9.78 Å². The average molecular weight is 448 g/mol. The molecule has 0 saturated carbocycles. The maximum Gasteiger partial charge on any atom is 0.211 e. The van der Waals surface area contributed by atoms with Gasteiger partial charge < -0.3 is 4.74 Å². The van der Waals surface area contributed by atoms with Crippen LogP contribution in [0.25, 0.3) is 0 Å². The summed E-state index contributed by atoms with van der Waals surface area (Å²) in [4.78, 5) is 0. The molecule has 0 atom stereocenters. The largest absolute Gasteiger partial charge is 0.494 e. The Morgan fingerprint density at radius 3 is 2.41 bits per heavy atom. The Morgan fingerprint density at radius 2 is 1.91 bits per heavy atom. The van der Waals surface area contributed by atoms with E-state index in [9.17, 15) is 0 Å². The van der Waals surface area contributed by atoms with Gasteiger partial charge in [-0.05, 0) is 55.8 Å². The van der Waals surface area contributed by atoms with Crippen LogP contribution in [0.5, 0.6) is 5.75 Å². The highest BCUT2D eigenvalue weighted by Gasteiger charge is 2.13. The monoisotopic (exact) mass is 446 g/mol. The van der Waals surface area contributed by atoms with Crippen LogP contribution in [0, 0.1) is 0 Å². The van der Waals surface area contributed by atoms with Crippen LogP contribution in [-0.2, 0) is 0 Å². The maximum atomic E-state index is 5.30. The molecule has 0 aliphatic rings. The summed E-state index contributed by atoms with van der Waals surface area (Å²) in [5, 5.41) is 13.7. The molecule has 0 saturated heterocycles. The van der Waals surface area contributed by atoms with Crippen LogP contribution in [0.1, 0.15) is 31.2 Å². The molecule has 1 heterocycles. The molecule has 1 aromatic carbocycles. The van der Waals surface area contributed by atoms with Crippen LogP contribution in [0.2, 0.25) is 0 Å². The van der Waals surface area contributed by atoms with E-state index in [1.807, 2.05) is 18.4 Å². The number of halogens is 2. The zero-order valence-electron chi connectivity index (χ0n) is 12.7. The van der Waals surface area contributed by atoms with Crippen molar-refractivity contribution in [1.82, 2.24) is 14.9 Å². The first-order valence-electron chi connectivity index (χ1n) is 6.54. The predicted molar refractivity (Wildman–Crippen MR) is 97.3 cm³/mol. The van der Waals surface area contributed by atoms with E-state index in [2.05, 4.69) is 61.0 Å². The van der Waals surface area contributed by atoms with Gasteiger partial charge in [0, 0.05) is 5.92 Å². The van der Waals surface area contributed by atoms with Gasteiger partial charge in [0.15, 0.2) is 5.82 Å². The first kappa shape index (κ1) is 17.5. The summed E-state index contributed by atoms with van der Waals surface area (Å²) in [7, 11) is 1.63. The van der Waals surface area contributed by atoms with Gasteiger partial charge in [-0.15, -0.1) is 10.2 Å². The third-order valence-electron chi connectivity index (χ3n) is 2.88. The van der Waals surface area contributed by atoms with Gasteiger partial charge in [0.25, 0.3) is 0 Å². The lowest BCUT2D eigenvalue weighted by Gasteiger charge is -2.08. The van der Waals surface area contributed by atoms with Crippen LogP contribution >= 0.6 is 43.6 Å². The van der Waals surface area contributed by atoms with Gasteiger partial charge in [0.05, 0.1) is 22.3 Å². The molecule has 2 aromatic rings. The van der Waals surface area contributed by atoms with Crippen molar-refractivity contribution in [2.24, 2.45) is 5.10 Å². The Labute approximate surface area is 150 Å². The van der Waals surface area contributed by atoms with Crippen molar-refractivity contribution in [2.75, 3.05) is 13.4 Å². The molecule has 0 radical (unpaired) electrons. The fourth-order valence-corrected chi connectivity index (χ4v) is 3.83. The van der Waals surface area contributed by atoms with Crippen molar-refractivity contribution in [3.05, 3.63) is 32.5 Å². The summed E-state index contributed by atoms with van der Waals surface area (Å²) in [6.45, 7) is 4.14. The minimum atomic E-state index is 0.250. The minimum absolute atomic E-state index is 0.250.